The molecule has 2 aromatic carbocycles. The summed E-state index contributed by atoms with van der Waals surface area (Å²) < 4.78 is 0. The van der Waals surface area contributed by atoms with Crippen LogP contribution in [0.25, 0.3) is 0 Å². The number of nitrogens with one attached hydrogen (secondary N) is 1. The van der Waals surface area contributed by atoms with Gasteiger partial charge in [0.25, 0.3) is 5.69 Å². The van der Waals surface area contributed by atoms with Crippen LogP contribution in [-0.2, 0) is 4.79 Å². The van der Waals surface area contributed by atoms with Crippen molar-refractivity contribution in [2.45, 2.75) is 19.8 Å². The number of anilines is 1. The molecule has 2 rings (SSSR count). The number of non-ortho nitro benzene ring substituents is 1. The Balaban J connectivity index is 2.15. The van der Waals surface area contributed by atoms with Crippen molar-refractivity contribution in [1.82, 2.24) is 0 Å². The maximum Gasteiger partial charge on any atom is 0.269 e. The number of nitro benzene ring substituents is 1. The summed E-state index contributed by atoms with van der Waals surface area (Å²) in [4.78, 5) is 22.5. The minimum Gasteiger partial charge on any atom is -0.325 e. The molecule has 0 unspecified atom stereocenters. The number of carbonyl (C=O) groups is 1. The summed E-state index contributed by atoms with van der Waals surface area (Å²) in [5.74, 6) is -0.626. The van der Waals surface area contributed by atoms with Gasteiger partial charge in [0.15, 0.2) is 0 Å². The van der Waals surface area contributed by atoms with Crippen molar-refractivity contribution in [2.24, 2.45) is 0 Å². The van der Waals surface area contributed by atoms with E-state index in [1.165, 1.54) is 12.1 Å². The number of aryl methyl sites for hydroxylation is 1. The standard InChI is InChI=1S/C16H15ClN2O3/c1-10-3-6-13(17)9-15(10)18-16(20)11(2)12-4-7-14(8-5-12)19(21)22/h3-9,11H,1-2H3,(H,18,20)/t11-/m1/s1. The first kappa shape index (κ1) is 16.0. The molecule has 6 heteroatoms. The van der Waals surface area contributed by atoms with Crippen LogP contribution in [0.3, 0.4) is 0 Å². The SMILES string of the molecule is Cc1ccc(Cl)cc1NC(=O)[C@H](C)c1ccc([N+](=O)[O-])cc1. The Morgan fingerprint density at radius 1 is 1.23 bits per heavy atom. The second kappa shape index (κ2) is 6.58. The fraction of sp³-hybridized carbons (Fsp3) is 0.188. The van der Waals surface area contributed by atoms with Crippen molar-refractivity contribution in [1.29, 1.82) is 0 Å². The molecule has 1 N–H and O–H groups in total. The van der Waals surface area contributed by atoms with Crippen molar-refractivity contribution >= 4 is 28.9 Å². The molecule has 0 bridgehead atoms. The van der Waals surface area contributed by atoms with Gasteiger partial charge in [0.1, 0.15) is 0 Å². The Bertz CT molecular complexity index is 714. The molecule has 0 saturated heterocycles. The second-order valence-corrected chi connectivity index (χ2v) is 5.46. The third kappa shape index (κ3) is 3.62. The lowest BCUT2D eigenvalue weighted by Gasteiger charge is -2.14. The monoisotopic (exact) mass is 318 g/mol. The van der Waals surface area contributed by atoms with E-state index in [1.54, 1.807) is 31.2 Å². The van der Waals surface area contributed by atoms with Gasteiger partial charge in [0.2, 0.25) is 5.91 Å². The average molecular weight is 319 g/mol. The van der Waals surface area contributed by atoms with Crippen LogP contribution in [0.1, 0.15) is 24.0 Å². The van der Waals surface area contributed by atoms with Crippen molar-refractivity contribution in [3.05, 3.63) is 68.7 Å². The Labute approximate surface area is 133 Å². The third-order valence-electron chi connectivity index (χ3n) is 3.45. The van der Waals surface area contributed by atoms with Gasteiger partial charge in [-0.05, 0) is 37.1 Å². The van der Waals surface area contributed by atoms with Crippen molar-refractivity contribution in [3.63, 3.8) is 0 Å². The maximum atomic E-state index is 12.3. The fourth-order valence-corrected chi connectivity index (χ4v) is 2.18. The lowest BCUT2D eigenvalue weighted by Crippen LogP contribution is -2.19. The van der Waals surface area contributed by atoms with Gasteiger partial charge in [-0.2, -0.15) is 0 Å². The van der Waals surface area contributed by atoms with Gasteiger partial charge in [-0.25, -0.2) is 0 Å². The van der Waals surface area contributed by atoms with Crippen molar-refractivity contribution in [3.8, 4) is 0 Å². The molecule has 2 aromatic rings. The summed E-state index contributed by atoms with van der Waals surface area (Å²) >= 11 is 5.93. The molecule has 1 amide bonds. The van der Waals surface area contributed by atoms with E-state index >= 15 is 0 Å². The van der Waals surface area contributed by atoms with Crippen LogP contribution < -0.4 is 5.32 Å². The number of nitrogens with zero attached hydrogens (tertiary/aromatic N) is 1. The normalized spacial score (nSPS) is 11.8. The first-order valence-corrected chi connectivity index (χ1v) is 7.07. The Hall–Kier alpha value is -2.40. The van der Waals surface area contributed by atoms with E-state index in [9.17, 15) is 14.9 Å². The second-order valence-electron chi connectivity index (χ2n) is 5.02. The van der Waals surface area contributed by atoms with Gasteiger partial charge in [0.05, 0.1) is 10.8 Å². The van der Waals surface area contributed by atoms with E-state index in [2.05, 4.69) is 5.32 Å². The smallest absolute Gasteiger partial charge is 0.269 e. The van der Waals surface area contributed by atoms with Crippen LogP contribution in [0.2, 0.25) is 5.02 Å². The molecule has 5 nitrogen and oxygen atoms in total. The molecular formula is C16H15ClN2O3. The summed E-state index contributed by atoms with van der Waals surface area (Å²) in [6, 6.07) is 11.2. The van der Waals surface area contributed by atoms with Gasteiger partial charge in [-0.3, -0.25) is 14.9 Å². The molecule has 0 spiro atoms. The molecule has 0 aliphatic carbocycles. The van der Waals surface area contributed by atoms with Crippen molar-refractivity contribution < 1.29 is 9.72 Å². The van der Waals surface area contributed by atoms with Crippen LogP contribution >= 0.6 is 11.6 Å². The third-order valence-corrected chi connectivity index (χ3v) is 3.69. The maximum absolute atomic E-state index is 12.3. The van der Waals surface area contributed by atoms with Crippen LogP contribution in [0.15, 0.2) is 42.5 Å². The number of amides is 1. The molecule has 0 radical (unpaired) electrons. The van der Waals surface area contributed by atoms with Gasteiger partial charge in [0, 0.05) is 22.8 Å². The van der Waals surface area contributed by atoms with E-state index in [0.29, 0.717) is 16.3 Å². The number of rotatable bonds is 4. The van der Waals surface area contributed by atoms with Gasteiger partial charge in [-0.15, -0.1) is 0 Å². The number of nitro groups is 1. The Morgan fingerprint density at radius 3 is 2.45 bits per heavy atom. The summed E-state index contributed by atoms with van der Waals surface area (Å²) in [7, 11) is 0. The van der Waals surface area contributed by atoms with Crippen LogP contribution in [0.4, 0.5) is 11.4 Å². The van der Waals surface area contributed by atoms with E-state index in [-0.39, 0.29) is 11.6 Å². The Morgan fingerprint density at radius 2 is 1.86 bits per heavy atom. The highest BCUT2D eigenvalue weighted by Crippen LogP contribution is 2.24. The molecule has 22 heavy (non-hydrogen) atoms. The quantitative estimate of drug-likeness (QED) is 0.674. The van der Waals surface area contributed by atoms with Gasteiger partial charge < -0.3 is 5.32 Å². The highest BCUT2D eigenvalue weighted by Gasteiger charge is 2.17. The van der Waals surface area contributed by atoms with E-state index < -0.39 is 10.8 Å². The van der Waals surface area contributed by atoms with Crippen LogP contribution in [0.5, 0.6) is 0 Å². The van der Waals surface area contributed by atoms with Crippen LogP contribution in [0, 0.1) is 17.0 Å². The number of halogens is 1. The molecule has 0 aliphatic rings. The minimum atomic E-state index is -0.468. The lowest BCUT2D eigenvalue weighted by atomic mass is 10.00. The summed E-state index contributed by atoms with van der Waals surface area (Å²) in [6.45, 7) is 3.62. The van der Waals surface area contributed by atoms with E-state index in [4.69, 9.17) is 11.6 Å². The van der Waals surface area contributed by atoms with Gasteiger partial charge in [-0.1, -0.05) is 29.8 Å². The zero-order chi connectivity index (χ0) is 16.3. The Kier molecular flexibility index (Phi) is 4.78. The molecule has 0 aromatic heterocycles. The average Bonchev–Trinajstić information content (AvgIpc) is 2.50. The summed E-state index contributed by atoms with van der Waals surface area (Å²) in [5.41, 5.74) is 2.28. The molecule has 0 saturated carbocycles. The number of benzene rings is 2. The lowest BCUT2D eigenvalue weighted by molar-refractivity contribution is -0.384. The topological polar surface area (TPSA) is 72.2 Å². The van der Waals surface area contributed by atoms with Crippen LogP contribution in [-0.4, -0.2) is 10.8 Å². The fourth-order valence-electron chi connectivity index (χ4n) is 2.01. The first-order chi connectivity index (χ1) is 10.4. The first-order valence-electron chi connectivity index (χ1n) is 6.70. The molecule has 1 atom stereocenters. The minimum absolute atomic E-state index is 0.00189. The van der Waals surface area contributed by atoms with Gasteiger partial charge >= 0.3 is 0 Å². The molecule has 0 heterocycles. The molecule has 0 aliphatic heterocycles. The molecular weight excluding hydrogens is 304 g/mol. The number of hydrogen-bond donors (Lipinski definition) is 1. The largest absolute Gasteiger partial charge is 0.325 e. The zero-order valence-corrected chi connectivity index (χ0v) is 12.9. The molecule has 0 fully saturated rings. The van der Waals surface area contributed by atoms with E-state index in [1.807, 2.05) is 13.0 Å². The highest BCUT2D eigenvalue weighted by molar-refractivity contribution is 6.31. The predicted molar refractivity (Wildman–Crippen MR) is 86.3 cm³/mol. The number of carbonyl (C=O) groups excluding carboxylic acids is 1. The predicted octanol–water partition coefficient (Wildman–Crippen LogP) is 4.30. The molecule has 114 valence electrons. The highest BCUT2D eigenvalue weighted by atomic mass is 35.5. The zero-order valence-electron chi connectivity index (χ0n) is 12.2. The summed E-state index contributed by atoms with van der Waals surface area (Å²) in [6.07, 6.45) is 0. The van der Waals surface area contributed by atoms with E-state index in [0.717, 1.165) is 5.56 Å². The number of hydrogen-bond acceptors (Lipinski definition) is 3. The summed E-state index contributed by atoms with van der Waals surface area (Å²) in [5, 5.41) is 14.0. The van der Waals surface area contributed by atoms with Crippen molar-refractivity contribution in [2.75, 3.05) is 5.32 Å².